The SMILES string of the molecule is CC(NC(=O)C1CCCN(Cc2nc(-c3ccc(F)cc3)no2)C1)c1ccccc1. The van der Waals surface area contributed by atoms with Crippen LogP contribution in [0.2, 0.25) is 0 Å². The maximum Gasteiger partial charge on any atom is 0.241 e. The Morgan fingerprint density at radius 2 is 2.00 bits per heavy atom. The number of nitrogens with one attached hydrogen (secondary N) is 1. The first-order valence-electron chi connectivity index (χ1n) is 10.2. The molecule has 0 saturated carbocycles. The molecule has 2 unspecified atom stereocenters. The smallest absolute Gasteiger partial charge is 0.241 e. The summed E-state index contributed by atoms with van der Waals surface area (Å²) in [4.78, 5) is 19.4. The van der Waals surface area contributed by atoms with Gasteiger partial charge >= 0.3 is 0 Å². The van der Waals surface area contributed by atoms with Crippen molar-refractivity contribution in [1.29, 1.82) is 0 Å². The third-order valence-electron chi connectivity index (χ3n) is 5.46. The number of rotatable bonds is 6. The molecule has 1 aliphatic rings. The van der Waals surface area contributed by atoms with Crippen molar-refractivity contribution in [3.8, 4) is 11.4 Å². The van der Waals surface area contributed by atoms with Crippen molar-refractivity contribution in [2.75, 3.05) is 13.1 Å². The number of benzene rings is 2. The number of halogens is 1. The van der Waals surface area contributed by atoms with Gasteiger partial charge in [0.05, 0.1) is 18.5 Å². The summed E-state index contributed by atoms with van der Waals surface area (Å²) in [6.45, 7) is 4.03. The van der Waals surface area contributed by atoms with Gasteiger partial charge in [0.25, 0.3) is 0 Å². The van der Waals surface area contributed by atoms with E-state index in [9.17, 15) is 9.18 Å². The predicted octanol–water partition coefficient (Wildman–Crippen LogP) is 3.97. The summed E-state index contributed by atoms with van der Waals surface area (Å²) in [5.41, 5.74) is 1.80. The molecule has 2 heterocycles. The number of carbonyl (C=O) groups is 1. The van der Waals surface area contributed by atoms with Crippen LogP contribution in [0, 0.1) is 11.7 Å². The molecular weight excluding hydrogens is 383 g/mol. The average molecular weight is 408 g/mol. The van der Waals surface area contributed by atoms with Crippen molar-refractivity contribution >= 4 is 5.91 Å². The molecule has 4 rings (SSSR count). The number of nitrogens with zero attached hydrogens (tertiary/aromatic N) is 3. The lowest BCUT2D eigenvalue weighted by molar-refractivity contribution is -0.127. The molecule has 7 heteroatoms. The topological polar surface area (TPSA) is 71.3 Å². The molecule has 1 fully saturated rings. The number of amides is 1. The van der Waals surface area contributed by atoms with Crippen molar-refractivity contribution in [2.45, 2.75) is 32.4 Å². The number of hydrogen-bond donors (Lipinski definition) is 1. The molecule has 1 N–H and O–H groups in total. The van der Waals surface area contributed by atoms with Crippen molar-refractivity contribution < 1.29 is 13.7 Å². The first-order valence-corrected chi connectivity index (χ1v) is 10.2. The van der Waals surface area contributed by atoms with Crippen LogP contribution < -0.4 is 5.32 Å². The molecule has 0 bridgehead atoms. The highest BCUT2D eigenvalue weighted by molar-refractivity contribution is 5.79. The Hall–Kier alpha value is -3.06. The second kappa shape index (κ2) is 9.17. The molecule has 1 amide bonds. The van der Waals surface area contributed by atoms with E-state index in [0.717, 1.165) is 24.9 Å². The van der Waals surface area contributed by atoms with Crippen LogP contribution in [0.1, 0.15) is 37.3 Å². The van der Waals surface area contributed by atoms with Gasteiger partial charge in [0.1, 0.15) is 5.82 Å². The summed E-state index contributed by atoms with van der Waals surface area (Å²) in [5.74, 6) is 0.640. The quantitative estimate of drug-likeness (QED) is 0.668. The summed E-state index contributed by atoms with van der Waals surface area (Å²) < 4.78 is 18.5. The van der Waals surface area contributed by atoms with Crippen LogP contribution in [0.4, 0.5) is 4.39 Å². The zero-order valence-corrected chi connectivity index (χ0v) is 16.9. The molecule has 30 heavy (non-hydrogen) atoms. The minimum absolute atomic E-state index is 0.0247. The Balaban J connectivity index is 1.34. The maximum atomic E-state index is 13.1. The Morgan fingerprint density at radius 3 is 2.77 bits per heavy atom. The van der Waals surface area contributed by atoms with Crippen molar-refractivity contribution in [1.82, 2.24) is 20.4 Å². The van der Waals surface area contributed by atoms with Gasteiger partial charge in [-0.25, -0.2) is 4.39 Å². The number of hydrogen-bond acceptors (Lipinski definition) is 5. The molecule has 2 aromatic carbocycles. The third kappa shape index (κ3) is 4.91. The first kappa shape index (κ1) is 20.2. The average Bonchev–Trinajstić information content (AvgIpc) is 3.23. The zero-order valence-electron chi connectivity index (χ0n) is 16.9. The fourth-order valence-corrected chi connectivity index (χ4v) is 3.80. The third-order valence-corrected chi connectivity index (χ3v) is 5.46. The van der Waals surface area contributed by atoms with Crippen molar-refractivity contribution in [3.05, 3.63) is 71.9 Å². The molecule has 0 radical (unpaired) electrons. The van der Waals surface area contributed by atoms with Gasteiger partial charge in [-0.1, -0.05) is 35.5 Å². The monoisotopic (exact) mass is 408 g/mol. The van der Waals surface area contributed by atoms with Crippen LogP contribution in [0.3, 0.4) is 0 Å². The molecule has 0 spiro atoms. The highest BCUT2D eigenvalue weighted by atomic mass is 19.1. The molecule has 0 aliphatic carbocycles. The van der Waals surface area contributed by atoms with Crippen LogP contribution in [-0.4, -0.2) is 34.0 Å². The van der Waals surface area contributed by atoms with E-state index in [2.05, 4.69) is 20.4 Å². The minimum atomic E-state index is -0.304. The summed E-state index contributed by atoms with van der Waals surface area (Å²) >= 11 is 0. The molecule has 6 nitrogen and oxygen atoms in total. The summed E-state index contributed by atoms with van der Waals surface area (Å²) in [7, 11) is 0. The summed E-state index contributed by atoms with van der Waals surface area (Å²) in [5, 5.41) is 7.13. The Kier molecular flexibility index (Phi) is 6.18. The fraction of sp³-hybridized carbons (Fsp3) is 0.348. The summed E-state index contributed by atoms with van der Waals surface area (Å²) in [6, 6.07) is 15.9. The van der Waals surface area contributed by atoms with Gasteiger partial charge in [-0.05, 0) is 56.1 Å². The van der Waals surface area contributed by atoms with Crippen LogP contribution in [-0.2, 0) is 11.3 Å². The lowest BCUT2D eigenvalue weighted by atomic mass is 9.96. The number of likely N-dealkylation sites (tertiary alicyclic amines) is 1. The van der Waals surface area contributed by atoms with Gasteiger partial charge in [0, 0.05) is 12.1 Å². The maximum absolute atomic E-state index is 13.1. The molecule has 156 valence electrons. The van der Waals surface area contributed by atoms with Crippen molar-refractivity contribution in [2.24, 2.45) is 5.92 Å². The summed E-state index contributed by atoms with van der Waals surface area (Å²) in [6.07, 6.45) is 1.81. The lowest BCUT2D eigenvalue weighted by Crippen LogP contribution is -2.43. The van der Waals surface area contributed by atoms with Gasteiger partial charge in [0.15, 0.2) is 0 Å². The Morgan fingerprint density at radius 1 is 1.23 bits per heavy atom. The van der Waals surface area contributed by atoms with Gasteiger partial charge in [-0.3, -0.25) is 9.69 Å². The lowest BCUT2D eigenvalue weighted by Gasteiger charge is -2.31. The van der Waals surface area contributed by atoms with E-state index in [1.54, 1.807) is 12.1 Å². The van der Waals surface area contributed by atoms with Crippen molar-refractivity contribution in [3.63, 3.8) is 0 Å². The first-order chi connectivity index (χ1) is 14.6. The number of aromatic nitrogens is 2. The second-order valence-electron chi connectivity index (χ2n) is 7.73. The van der Waals surface area contributed by atoms with Gasteiger partial charge in [0.2, 0.25) is 17.6 Å². The second-order valence-corrected chi connectivity index (χ2v) is 7.73. The minimum Gasteiger partial charge on any atom is -0.349 e. The number of piperidine rings is 1. The van der Waals surface area contributed by atoms with E-state index in [0.29, 0.717) is 30.4 Å². The highest BCUT2D eigenvalue weighted by Crippen LogP contribution is 2.22. The molecule has 1 aromatic heterocycles. The molecule has 1 aliphatic heterocycles. The van der Waals surface area contributed by atoms with E-state index >= 15 is 0 Å². The van der Waals surface area contributed by atoms with Crippen LogP contribution >= 0.6 is 0 Å². The molecule has 2 atom stereocenters. The number of carbonyl (C=O) groups excluding carboxylic acids is 1. The van der Waals surface area contributed by atoms with Crippen LogP contribution in [0.5, 0.6) is 0 Å². The molecule has 1 saturated heterocycles. The fourth-order valence-electron chi connectivity index (χ4n) is 3.80. The zero-order chi connectivity index (χ0) is 20.9. The van der Waals surface area contributed by atoms with Crippen LogP contribution in [0.15, 0.2) is 59.1 Å². The molecule has 3 aromatic rings. The largest absolute Gasteiger partial charge is 0.349 e. The Labute approximate surface area is 175 Å². The van der Waals surface area contributed by atoms with E-state index in [1.165, 1.54) is 12.1 Å². The van der Waals surface area contributed by atoms with E-state index in [4.69, 9.17) is 4.52 Å². The Bertz CT molecular complexity index is 974. The van der Waals surface area contributed by atoms with Gasteiger partial charge in [-0.2, -0.15) is 4.98 Å². The standard InChI is InChI=1S/C23H25FN4O2/c1-16(17-6-3-2-4-7-17)25-23(29)19-8-5-13-28(14-19)15-21-26-22(27-30-21)18-9-11-20(24)12-10-18/h2-4,6-7,9-12,16,19H,5,8,13-15H2,1H3,(H,25,29). The van der Waals surface area contributed by atoms with E-state index < -0.39 is 0 Å². The molecular formula is C23H25FN4O2. The highest BCUT2D eigenvalue weighted by Gasteiger charge is 2.27. The van der Waals surface area contributed by atoms with E-state index in [-0.39, 0.29) is 23.7 Å². The van der Waals surface area contributed by atoms with Gasteiger partial charge in [-0.15, -0.1) is 0 Å². The van der Waals surface area contributed by atoms with E-state index in [1.807, 2.05) is 37.3 Å². The van der Waals surface area contributed by atoms with Gasteiger partial charge < -0.3 is 9.84 Å². The predicted molar refractivity (Wildman–Crippen MR) is 111 cm³/mol. The van der Waals surface area contributed by atoms with Crippen LogP contribution in [0.25, 0.3) is 11.4 Å². The normalized spacial score (nSPS) is 18.1.